The van der Waals surface area contributed by atoms with Crippen molar-refractivity contribution in [2.45, 2.75) is 6.04 Å². The number of H-pyrrole nitrogens is 1. The van der Waals surface area contributed by atoms with Crippen molar-refractivity contribution in [2.75, 3.05) is 30.4 Å². The maximum absolute atomic E-state index is 13.9. The largest absolute Gasteiger partial charge is 0.384 e. The third-order valence-corrected chi connectivity index (χ3v) is 7.23. The van der Waals surface area contributed by atoms with Crippen LogP contribution in [0.2, 0.25) is 5.02 Å². The summed E-state index contributed by atoms with van der Waals surface area (Å²) in [5.74, 6) is 1.64. The molecule has 0 bridgehead atoms. The van der Waals surface area contributed by atoms with Crippen LogP contribution >= 0.6 is 11.6 Å². The number of nitrogens with zero attached hydrogens (tertiary/aromatic N) is 7. The number of ether oxygens (including phenoxy) is 1. The monoisotopic (exact) mass is 539 g/mol. The summed E-state index contributed by atoms with van der Waals surface area (Å²) in [7, 11) is 0. The summed E-state index contributed by atoms with van der Waals surface area (Å²) in [6, 6.07) is 14.3. The van der Waals surface area contributed by atoms with Crippen LogP contribution in [0.3, 0.4) is 0 Å². The van der Waals surface area contributed by atoms with E-state index in [1.54, 1.807) is 29.1 Å². The molecular formula is C27H22ClN9O2. The molecule has 194 valence electrons. The minimum Gasteiger partial charge on any atom is -0.384 e. The van der Waals surface area contributed by atoms with Gasteiger partial charge in [-0.2, -0.15) is 5.10 Å². The number of rotatable bonds is 4. The van der Waals surface area contributed by atoms with Gasteiger partial charge in [0.1, 0.15) is 35.2 Å². The normalized spacial score (nSPS) is 15.8. The third kappa shape index (κ3) is 3.82. The number of nitrogen functional groups attached to an aromatic ring is 1. The molecular weight excluding hydrogens is 518 g/mol. The van der Waals surface area contributed by atoms with E-state index < -0.39 is 6.04 Å². The van der Waals surface area contributed by atoms with Crippen LogP contribution in [-0.4, -0.2) is 53.9 Å². The van der Waals surface area contributed by atoms with Crippen molar-refractivity contribution in [3.05, 3.63) is 94.6 Å². The second-order valence-electron chi connectivity index (χ2n) is 9.17. The van der Waals surface area contributed by atoms with Gasteiger partial charge in [0.2, 0.25) is 0 Å². The molecule has 6 heterocycles. The van der Waals surface area contributed by atoms with Crippen molar-refractivity contribution in [3.8, 4) is 16.8 Å². The van der Waals surface area contributed by atoms with Crippen LogP contribution < -0.4 is 16.2 Å². The highest BCUT2D eigenvalue weighted by atomic mass is 35.5. The van der Waals surface area contributed by atoms with Crippen LogP contribution in [0.5, 0.6) is 0 Å². The van der Waals surface area contributed by atoms with Gasteiger partial charge in [0, 0.05) is 36.3 Å². The van der Waals surface area contributed by atoms with Gasteiger partial charge in [-0.1, -0.05) is 29.8 Å². The second-order valence-corrected chi connectivity index (χ2v) is 9.58. The quantitative estimate of drug-likeness (QED) is 0.347. The number of nitrogens with two attached hydrogens (primary N) is 1. The summed E-state index contributed by atoms with van der Waals surface area (Å²) < 4.78 is 9.09. The molecule has 1 aromatic carbocycles. The van der Waals surface area contributed by atoms with Crippen LogP contribution in [-0.2, 0) is 4.74 Å². The van der Waals surface area contributed by atoms with Gasteiger partial charge in [0.05, 0.1) is 29.3 Å². The van der Waals surface area contributed by atoms with Gasteiger partial charge in [-0.25, -0.2) is 19.5 Å². The number of benzene rings is 1. The van der Waals surface area contributed by atoms with E-state index in [0.717, 1.165) is 16.5 Å². The van der Waals surface area contributed by atoms with E-state index in [4.69, 9.17) is 32.2 Å². The second kappa shape index (κ2) is 9.22. The predicted molar refractivity (Wildman–Crippen MR) is 148 cm³/mol. The van der Waals surface area contributed by atoms with Crippen LogP contribution in [0.4, 0.5) is 11.6 Å². The number of aromatic amines is 1. The number of pyridine rings is 1. The molecule has 0 radical (unpaired) electrons. The fourth-order valence-electron chi connectivity index (χ4n) is 5.12. The Bertz CT molecular complexity index is 1880. The van der Waals surface area contributed by atoms with E-state index in [1.165, 1.54) is 10.8 Å². The lowest BCUT2D eigenvalue weighted by Gasteiger charge is -2.37. The highest BCUT2D eigenvalue weighted by Gasteiger charge is 2.33. The van der Waals surface area contributed by atoms with Gasteiger partial charge in [0.15, 0.2) is 5.82 Å². The third-order valence-electron chi connectivity index (χ3n) is 6.92. The SMILES string of the molecule is Nc1ccc(-c2c[nH]c3ncnc(N4CCOC[C@H]4c4nn5ccc(Cl)c5c(=O)n4-c4ccccc4)c23)cn1. The Morgan fingerprint density at radius 3 is 2.77 bits per heavy atom. The maximum atomic E-state index is 13.9. The first kappa shape index (κ1) is 23.4. The topological polar surface area (TPSA) is 132 Å². The molecule has 1 saturated heterocycles. The standard InChI is InChI=1S/C27H22ClN9O2/c28-19-8-9-36-23(19)27(38)37(17-4-2-1-3-5-17)25(34-36)20-14-39-11-10-35(20)26-22-18(13-31-24(22)32-15-33-26)16-6-7-21(29)30-12-16/h1-9,12-13,15,20H,10-11,14H2,(H2,29,30)(H,31,32,33)/t20-/m0/s1. The molecule has 6 aromatic rings. The predicted octanol–water partition coefficient (Wildman–Crippen LogP) is 3.63. The van der Waals surface area contributed by atoms with Gasteiger partial charge in [-0.15, -0.1) is 0 Å². The number of aromatic nitrogens is 7. The van der Waals surface area contributed by atoms with Crippen molar-refractivity contribution in [1.29, 1.82) is 0 Å². The Hall–Kier alpha value is -4.74. The Kier molecular flexibility index (Phi) is 5.53. The lowest BCUT2D eigenvalue weighted by atomic mass is 10.1. The van der Waals surface area contributed by atoms with Gasteiger partial charge in [-0.3, -0.25) is 9.36 Å². The van der Waals surface area contributed by atoms with Crippen molar-refractivity contribution in [3.63, 3.8) is 0 Å². The fourth-order valence-corrected chi connectivity index (χ4v) is 5.34. The maximum Gasteiger partial charge on any atom is 0.284 e. The molecule has 0 spiro atoms. The average molecular weight is 540 g/mol. The summed E-state index contributed by atoms with van der Waals surface area (Å²) in [5.41, 5.74) is 8.98. The van der Waals surface area contributed by atoms with Gasteiger partial charge >= 0.3 is 0 Å². The van der Waals surface area contributed by atoms with Crippen molar-refractivity contribution in [1.82, 2.24) is 34.1 Å². The number of anilines is 2. The van der Waals surface area contributed by atoms with Crippen LogP contribution in [0.25, 0.3) is 33.4 Å². The van der Waals surface area contributed by atoms with Gasteiger partial charge in [0.25, 0.3) is 5.56 Å². The first-order valence-electron chi connectivity index (χ1n) is 12.3. The molecule has 1 aliphatic rings. The van der Waals surface area contributed by atoms with E-state index in [9.17, 15) is 4.79 Å². The molecule has 1 fully saturated rings. The van der Waals surface area contributed by atoms with E-state index in [0.29, 0.717) is 59.1 Å². The lowest BCUT2D eigenvalue weighted by Crippen LogP contribution is -2.43. The highest BCUT2D eigenvalue weighted by Crippen LogP contribution is 2.37. The summed E-state index contributed by atoms with van der Waals surface area (Å²) in [5, 5.41) is 6.06. The number of fused-ring (bicyclic) bond motifs is 2. The number of morpholine rings is 1. The molecule has 0 amide bonds. The Labute approximate surface area is 226 Å². The van der Waals surface area contributed by atoms with Crippen molar-refractivity contribution in [2.24, 2.45) is 0 Å². The van der Waals surface area contributed by atoms with Crippen LogP contribution in [0, 0.1) is 0 Å². The van der Waals surface area contributed by atoms with Crippen molar-refractivity contribution >= 4 is 39.8 Å². The minimum atomic E-state index is -0.442. The van der Waals surface area contributed by atoms with Crippen LogP contribution in [0.1, 0.15) is 11.9 Å². The molecule has 0 aliphatic carbocycles. The highest BCUT2D eigenvalue weighted by molar-refractivity contribution is 6.33. The summed E-state index contributed by atoms with van der Waals surface area (Å²) >= 11 is 6.40. The molecule has 0 unspecified atom stereocenters. The smallest absolute Gasteiger partial charge is 0.284 e. The summed E-state index contributed by atoms with van der Waals surface area (Å²) in [6.07, 6.45) is 6.83. The zero-order valence-corrected chi connectivity index (χ0v) is 21.3. The van der Waals surface area contributed by atoms with Gasteiger partial charge in [-0.05, 0) is 30.3 Å². The average Bonchev–Trinajstić information content (AvgIpc) is 3.57. The lowest BCUT2D eigenvalue weighted by molar-refractivity contribution is 0.0902. The molecule has 7 rings (SSSR count). The summed E-state index contributed by atoms with van der Waals surface area (Å²) in [6.45, 7) is 1.31. The van der Waals surface area contributed by atoms with E-state index >= 15 is 0 Å². The molecule has 1 atom stereocenters. The Morgan fingerprint density at radius 1 is 1.08 bits per heavy atom. The molecule has 5 aromatic heterocycles. The first-order chi connectivity index (χ1) is 19.1. The van der Waals surface area contributed by atoms with Gasteiger partial charge < -0.3 is 20.4 Å². The number of hydrogen-bond donors (Lipinski definition) is 2. The number of para-hydroxylation sites is 1. The molecule has 0 saturated carbocycles. The Morgan fingerprint density at radius 2 is 1.95 bits per heavy atom. The fraction of sp³-hybridized carbons (Fsp3) is 0.148. The van der Waals surface area contributed by atoms with Crippen LogP contribution in [0.15, 0.2) is 78.2 Å². The van der Waals surface area contributed by atoms with E-state index in [2.05, 4.69) is 19.9 Å². The number of hydrogen-bond acceptors (Lipinski definition) is 8. The molecule has 12 heteroatoms. The summed E-state index contributed by atoms with van der Waals surface area (Å²) in [4.78, 5) is 32.7. The number of nitrogens with one attached hydrogen (secondary N) is 1. The molecule has 3 N–H and O–H groups in total. The molecule has 11 nitrogen and oxygen atoms in total. The minimum absolute atomic E-state index is 0.269. The zero-order chi connectivity index (χ0) is 26.5. The first-order valence-corrected chi connectivity index (χ1v) is 12.7. The van der Waals surface area contributed by atoms with E-state index in [-0.39, 0.29) is 5.56 Å². The molecule has 39 heavy (non-hydrogen) atoms. The molecule has 1 aliphatic heterocycles. The van der Waals surface area contributed by atoms with Crippen molar-refractivity contribution < 1.29 is 4.74 Å². The zero-order valence-electron chi connectivity index (χ0n) is 20.5. The van der Waals surface area contributed by atoms with E-state index in [1.807, 2.05) is 42.6 Å². The Balaban J connectivity index is 1.45. The number of halogens is 1.